The molecule has 0 heterocycles. The molecule has 14 heavy (non-hydrogen) atoms. The SMILES string of the molecule is CC(c1ccccc1O)C(C)(C)CN. The van der Waals surface area contributed by atoms with Crippen molar-refractivity contribution in [1.29, 1.82) is 0 Å². The van der Waals surface area contributed by atoms with E-state index in [1.807, 2.05) is 18.2 Å². The first-order valence-electron chi connectivity index (χ1n) is 4.97. The van der Waals surface area contributed by atoms with Crippen LogP contribution in [0.25, 0.3) is 0 Å². The van der Waals surface area contributed by atoms with Crippen LogP contribution in [0.4, 0.5) is 0 Å². The Labute approximate surface area is 85.8 Å². The molecule has 0 aliphatic rings. The van der Waals surface area contributed by atoms with Crippen molar-refractivity contribution in [3.63, 3.8) is 0 Å². The highest BCUT2D eigenvalue weighted by molar-refractivity contribution is 5.35. The van der Waals surface area contributed by atoms with Crippen molar-refractivity contribution in [2.75, 3.05) is 6.54 Å². The predicted octanol–water partition coefficient (Wildman–Crippen LogP) is 2.48. The maximum absolute atomic E-state index is 9.70. The van der Waals surface area contributed by atoms with Gasteiger partial charge in [-0.25, -0.2) is 0 Å². The van der Waals surface area contributed by atoms with Crippen LogP contribution in [0.2, 0.25) is 0 Å². The maximum Gasteiger partial charge on any atom is 0.119 e. The van der Waals surface area contributed by atoms with Crippen LogP contribution in [0.3, 0.4) is 0 Å². The molecule has 0 fully saturated rings. The van der Waals surface area contributed by atoms with Gasteiger partial charge in [0, 0.05) is 0 Å². The summed E-state index contributed by atoms with van der Waals surface area (Å²) in [6.45, 7) is 6.94. The Kier molecular flexibility index (Phi) is 3.17. The van der Waals surface area contributed by atoms with Gasteiger partial charge in [0.2, 0.25) is 0 Å². The molecule has 0 aliphatic heterocycles. The minimum atomic E-state index is 0.0127. The summed E-state index contributed by atoms with van der Waals surface area (Å²) in [5, 5.41) is 9.70. The Morgan fingerprint density at radius 1 is 1.36 bits per heavy atom. The zero-order valence-corrected chi connectivity index (χ0v) is 9.12. The Bertz CT molecular complexity index is 307. The second-order valence-corrected chi connectivity index (χ2v) is 4.47. The largest absolute Gasteiger partial charge is 0.508 e. The molecule has 2 heteroatoms. The fourth-order valence-electron chi connectivity index (χ4n) is 1.45. The number of para-hydroxylation sites is 1. The number of phenolic OH excluding ortho intramolecular Hbond substituents is 1. The molecule has 1 aromatic rings. The molecule has 1 rings (SSSR count). The van der Waals surface area contributed by atoms with Gasteiger partial charge in [-0.05, 0) is 29.5 Å². The molecule has 1 atom stereocenters. The molecular formula is C12H19NO. The van der Waals surface area contributed by atoms with Crippen molar-refractivity contribution in [2.45, 2.75) is 26.7 Å². The second kappa shape index (κ2) is 4.01. The summed E-state index contributed by atoms with van der Waals surface area (Å²) in [6, 6.07) is 7.45. The average molecular weight is 193 g/mol. The molecule has 0 aromatic heterocycles. The first kappa shape index (κ1) is 11.1. The van der Waals surface area contributed by atoms with E-state index in [9.17, 15) is 5.11 Å². The highest BCUT2D eigenvalue weighted by atomic mass is 16.3. The smallest absolute Gasteiger partial charge is 0.119 e. The summed E-state index contributed by atoms with van der Waals surface area (Å²) < 4.78 is 0. The zero-order chi connectivity index (χ0) is 10.8. The lowest BCUT2D eigenvalue weighted by Gasteiger charge is -2.31. The van der Waals surface area contributed by atoms with Crippen molar-refractivity contribution in [2.24, 2.45) is 11.1 Å². The minimum Gasteiger partial charge on any atom is -0.508 e. The first-order valence-corrected chi connectivity index (χ1v) is 4.97. The molecule has 0 spiro atoms. The third-order valence-corrected chi connectivity index (χ3v) is 3.10. The van der Waals surface area contributed by atoms with Crippen molar-refractivity contribution in [1.82, 2.24) is 0 Å². The van der Waals surface area contributed by atoms with E-state index >= 15 is 0 Å². The van der Waals surface area contributed by atoms with Crippen LogP contribution in [0.5, 0.6) is 5.75 Å². The molecule has 78 valence electrons. The Morgan fingerprint density at radius 2 is 1.93 bits per heavy atom. The van der Waals surface area contributed by atoms with Gasteiger partial charge in [-0.2, -0.15) is 0 Å². The lowest BCUT2D eigenvalue weighted by atomic mass is 9.76. The van der Waals surface area contributed by atoms with Gasteiger partial charge in [0.25, 0.3) is 0 Å². The molecule has 2 nitrogen and oxygen atoms in total. The third kappa shape index (κ3) is 2.07. The number of nitrogens with two attached hydrogens (primary N) is 1. The summed E-state index contributed by atoms with van der Waals surface area (Å²) in [5.41, 5.74) is 6.70. The van der Waals surface area contributed by atoms with E-state index in [1.54, 1.807) is 6.07 Å². The normalized spacial score (nSPS) is 14.0. The van der Waals surface area contributed by atoms with E-state index in [0.717, 1.165) is 5.56 Å². The predicted molar refractivity (Wildman–Crippen MR) is 59.4 cm³/mol. The number of rotatable bonds is 3. The number of phenols is 1. The molecule has 0 radical (unpaired) electrons. The van der Waals surface area contributed by atoms with Gasteiger partial charge < -0.3 is 10.8 Å². The monoisotopic (exact) mass is 193 g/mol. The highest BCUT2D eigenvalue weighted by Crippen LogP contribution is 2.37. The van der Waals surface area contributed by atoms with Crippen molar-refractivity contribution in [3.8, 4) is 5.75 Å². The van der Waals surface area contributed by atoms with Crippen LogP contribution < -0.4 is 5.73 Å². The summed E-state index contributed by atoms with van der Waals surface area (Å²) in [5.74, 6) is 0.621. The summed E-state index contributed by atoms with van der Waals surface area (Å²) in [6.07, 6.45) is 0. The van der Waals surface area contributed by atoms with Gasteiger partial charge in [-0.1, -0.05) is 39.0 Å². The number of hydrogen-bond acceptors (Lipinski definition) is 2. The number of benzene rings is 1. The summed E-state index contributed by atoms with van der Waals surface area (Å²) in [7, 11) is 0. The van der Waals surface area contributed by atoms with Gasteiger partial charge in [-0.15, -0.1) is 0 Å². The van der Waals surface area contributed by atoms with E-state index in [1.165, 1.54) is 0 Å². The maximum atomic E-state index is 9.70. The van der Waals surface area contributed by atoms with E-state index in [-0.39, 0.29) is 11.3 Å². The number of aromatic hydroxyl groups is 1. The van der Waals surface area contributed by atoms with Crippen molar-refractivity contribution in [3.05, 3.63) is 29.8 Å². The van der Waals surface area contributed by atoms with Crippen LogP contribution in [-0.4, -0.2) is 11.7 Å². The molecule has 0 saturated carbocycles. The van der Waals surface area contributed by atoms with E-state index in [2.05, 4.69) is 20.8 Å². The number of hydrogen-bond donors (Lipinski definition) is 2. The molecular weight excluding hydrogens is 174 g/mol. The Morgan fingerprint density at radius 3 is 2.43 bits per heavy atom. The quantitative estimate of drug-likeness (QED) is 0.774. The fourth-order valence-corrected chi connectivity index (χ4v) is 1.45. The van der Waals surface area contributed by atoms with Gasteiger partial charge >= 0.3 is 0 Å². The Hall–Kier alpha value is -1.02. The molecule has 3 N–H and O–H groups in total. The lowest BCUT2D eigenvalue weighted by Crippen LogP contribution is -2.29. The van der Waals surface area contributed by atoms with Crippen LogP contribution in [0.15, 0.2) is 24.3 Å². The topological polar surface area (TPSA) is 46.2 Å². The van der Waals surface area contributed by atoms with Crippen LogP contribution in [0, 0.1) is 5.41 Å². The van der Waals surface area contributed by atoms with Crippen LogP contribution in [-0.2, 0) is 0 Å². The summed E-state index contributed by atoms with van der Waals surface area (Å²) >= 11 is 0. The zero-order valence-electron chi connectivity index (χ0n) is 9.12. The first-order chi connectivity index (χ1) is 6.49. The fraction of sp³-hybridized carbons (Fsp3) is 0.500. The summed E-state index contributed by atoms with van der Waals surface area (Å²) in [4.78, 5) is 0. The van der Waals surface area contributed by atoms with E-state index in [0.29, 0.717) is 12.3 Å². The van der Waals surface area contributed by atoms with Crippen LogP contribution in [0.1, 0.15) is 32.3 Å². The van der Waals surface area contributed by atoms with Gasteiger partial charge in [-0.3, -0.25) is 0 Å². The lowest BCUT2D eigenvalue weighted by molar-refractivity contribution is 0.305. The standard InChI is InChI=1S/C12H19NO/c1-9(12(2,3)8-13)10-6-4-5-7-11(10)14/h4-7,9,14H,8,13H2,1-3H3. The molecule has 0 amide bonds. The van der Waals surface area contributed by atoms with Crippen molar-refractivity contribution < 1.29 is 5.11 Å². The Balaban J connectivity index is 3.00. The van der Waals surface area contributed by atoms with Crippen molar-refractivity contribution >= 4 is 0 Å². The van der Waals surface area contributed by atoms with Gasteiger partial charge in [0.15, 0.2) is 0 Å². The van der Waals surface area contributed by atoms with Gasteiger partial charge in [0.1, 0.15) is 5.75 Å². The van der Waals surface area contributed by atoms with E-state index in [4.69, 9.17) is 5.73 Å². The molecule has 0 aliphatic carbocycles. The second-order valence-electron chi connectivity index (χ2n) is 4.47. The van der Waals surface area contributed by atoms with E-state index < -0.39 is 0 Å². The molecule has 0 bridgehead atoms. The molecule has 0 saturated heterocycles. The highest BCUT2D eigenvalue weighted by Gasteiger charge is 2.26. The molecule has 1 aromatic carbocycles. The average Bonchev–Trinajstić information content (AvgIpc) is 2.17. The third-order valence-electron chi connectivity index (χ3n) is 3.10. The minimum absolute atomic E-state index is 0.0127. The van der Waals surface area contributed by atoms with Crippen LogP contribution >= 0.6 is 0 Å². The van der Waals surface area contributed by atoms with Gasteiger partial charge in [0.05, 0.1) is 0 Å². The molecule has 1 unspecified atom stereocenters.